The fourth-order valence-electron chi connectivity index (χ4n) is 2.37. The molecule has 0 aromatic carbocycles. The minimum atomic E-state index is -0.172. The Hall–Kier alpha value is -2.51. The van der Waals surface area contributed by atoms with E-state index in [4.69, 9.17) is 4.52 Å². The van der Waals surface area contributed by atoms with Gasteiger partial charge in [0.1, 0.15) is 17.5 Å². The van der Waals surface area contributed by atoms with Gasteiger partial charge in [-0.1, -0.05) is 5.16 Å². The van der Waals surface area contributed by atoms with Gasteiger partial charge in [-0.15, -0.1) is 0 Å². The second kappa shape index (κ2) is 4.24. The first kappa shape index (κ1) is 12.2. The molecule has 8 heteroatoms. The summed E-state index contributed by atoms with van der Waals surface area (Å²) in [7, 11) is 1.84. The van der Waals surface area contributed by atoms with Crippen molar-refractivity contribution in [2.24, 2.45) is 7.05 Å². The lowest BCUT2D eigenvalue weighted by Crippen LogP contribution is -2.22. The van der Waals surface area contributed by atoms with Gasteiger partial charge in [0, 0.05) is 13.0 Å². The zero-order chi connectivity index (χ0) is 14.6. The summed E-state index contributed by atoms with van der Waals surface area (Å²) in [6.07, 6.45) is 3.76. The molecule has 0 N–H and O–H groups in total. The summed E-state index contributed by atoms with van der Waals surface area (Å²) in [5, 5.41) is 8.60. The second-order valence-electron chi connectivity index (χ2n) is 5.41. The quantitative estimate of drug-likeness (QED) is 0.705. The van der Waals surface area contributed by atoms with Crippen LogP contribution in [0.4, 0.5) is 0 Å². The molecule has 1 aliphatic rings. The van der Waals surface area contributed by atoms with Crippen LogP contribution in [0, 0.1) is 6.92 Å². The highest BCUT2D eigenvalue weighted by Gasteiger charge is 2.28. The second-order valence-corrected chi connectivity index (χ2v) is 5.41. The summed E-state index contributed by atoms with van der Waals surface area (Å²) in [6.45, 7) is 2.06. The summed E-state index contributed by atoms with van der Waals surface area (Å²) in [5.41, 5.74) is 0.647. The van der Waals surface area contributed by atoms with Crippen LogP contribution in [0.5, 0.6) is 0 Å². The van der Waals surface area contributed by atoms with Gasteiger partial charge in [-0.2, -0.15) is 5.10 Å². The monoisotopic (exact) mass is 286 g/mol. The first-order chi connectivity index (χ1) is 10.1. The third-order valence-corrected chi connectivity index (χ3v) is 3.76. The molecule has 108 valence electrons. The Balaban J connectivity index is 1.75. The molecule has 1 saturated carbocycles. The van der Waals surface area contributed by atoms with Crippen molar-refractivity contribution in [1.29, 1.82) is 0 Å². The number of hydrogen-bond acceptors (Lipinski definition) is 6. The van der Waals surface area contributed by atoms with Crippen molar-refractivity contribution in [3.05, 3.63) is 34.0 Å². The van der Waals surface area contributed by atoms with Crippen LogP contribution in [0.3, 0.4) is 0 Å². The Morgan fingerprint density at radius 3 is 3.00 bits per heavy atom. The van der Waals surface area contributed by atoms with E-state index in [1.807, 2.05) is 7.05 Å². The molecular weight excluding hydrogens is 272 g/mol. The first-order valence-corrected chi connectivity index (χ1v) is 6.84. The molecule has 0 amide bonds. The van der Waals surface area contributed by atoms with Crippen molar-refractivity contribution >= 4 is 11.1 Å². The maximum Gasteiger partial charge on any atom is 0.267 e. The lowest BCUT2D eigenvalue weighted by molar-refractivity contribution is 0.442. The van der Waals surface area contributed by atoms with Gasteiger partial charge in [0.05, 0.1) is 12.2 Å². The Bertz CT molecular complexity index is 886. The van der Waals surface area contributed by atoms with E-state index in [2.05, 4.69) is 20.2 Å². The first-order valence-electron chi connectivity index (χ1n) is 6.84. The van der Waals surface area contributed by atoms with Crippen molar-refractivity contribution in [3.63, 3.8) is 0 Å². The Morgan fingerprint density at radius 1 is 1.43 bits per heavy atom. The van der Waals surface area contributed by atoms with Crippen molar-refractivity contribution in [3.8, 4) is 0 Å². The highest BCUT2D eigenvalue weighted by molar-refractivity contribution is 5.73. The van der Waals surface area contributed by atoms with E-state index >= 15 is 0 Å². The predicted octanol–water partition coefficient (Wildman–Crippen LogP) is 0.747. The lowest BCUT2D eigenvalue weighted by Gasteiger charge is -2.03. The van der Waals surface area contributed by atoms with Gasteiger partial charge in [0.15, 0.2) is 5.82 Å². The topological polar surface area (TPSA) is 91.6 Å². The summed E-state index contributed by atoms with van der Waals surface area (Å²) >= 11 is 0. The molecule has 0 unspecified atom stereocenters. The van der Waals surface area contributed by atoms with E-state index < -0.39 is 0 Å². The van der Waals surface area contributed by atoms with Crippen LogP contribution >= 0.6 is 0 Å². The van der Waals surface area contributed by atoms with Crippen LogP contribution in [-0.2, 0) is 13.6 Å². The van der Waals surface area contributed by atoms with E-state index in [9.17, 15) is 4.79 Å². The van der Waals surface area contributed by atoms with E-state index in [-0.39, 0.29) is 11.3 Å². The van der Waals surface area contributed by atoms with Gasteiger partial charge < -0.3 is 4.52 Å². The molecule has 0 saturated heterocycles. The Labute approximate surface area is 119 Å². The zero-order valence-electron chi connectivity index (χ0n) is 11.8. The average molecular weight is 286 g/mol. The summed E-state index contributed by atoms with van der Waals surface area (Å²) < 4.78 is 8.23. The van der Waals surface area contributed by atoms with Gasteiger partial charge in [-0.25, -0.2) is 9.97 Å². The normalized spacial score (nSPS) is 15.0. The average Bonchev–Trinajstić information content (AvgIpc) is 3.15. The Morgan fingerprint density at radius 2 is 2.24 bits per heavy atom. The largest absolute Gasteiger partial charge is 0.335 e. The van der Waals surface area contributed by atoms with Crippen LogP contribution in [0.1, 0.15) is 36.1 Å². The van der Waals surface area contributed by atoms with E-state index in [0.29, 0.717) is 23.5 Å². The minimum absolute atomic E-state index is 0.172. The number of aromatic nitrogens is 6. The number of aryl methyl sites for hydroxylation is 2. The number of hydrogen-bond donors (Lipinski definition) is 0. The van der Waals surface area contributed by atoms with Gasteiger partial charge in [0.25, 0.3) is 11.3 Å². The standard InChI is InChI=1S/C13H14N6O2/c1-7-10-12(21-17-7)14-6-19(13(10)20)5-9-15-11(8-3-4-8)16-18(9)2/h6,8H,3-5H2,1-2H3. The van der Waals surface area contributed by atoms with E-state index in [0.717, 1.165) is 24.5 Å². The molecule has 1 aliphatic carbocycles. The molecule has 1 fully saturated rings. The maximum absolute atomic E-state index is 12.4. The summed E-state index contributed by atoms with van der Waals surface area (Å²) in [5.74, 6) is 2.10. The van der Waals surface area contributed by atoms with Crippen LogP contribution in [-0.4, -0.2) is 29.5 Å². The number of rotatable bonds is 3. The molecule has 21 heavy (non-hydrogen) atoms. The summed E-state index contributed by atoms with van der Waals surface area (Å²) in [4.78, 5) is 21.1. The predicted molar refractivity (Wildman–Crippen MR) is 72.9 cm³/mol. The van der Waals surface area contributed by atoms with Gasteiger partial charge in [0.2, 0.25) is 0 Å². The smallest absolute Gasteiger partial charge is 0.267 e. The molecule has 8 nitrogen and oxygen atoms in total. The molecule has 3 aromatic rings. The fraction of sp³-hybridized carbons (Fsp3) is 0.462. The molecular formula is C13H14N6O2. The van der Waals surface area contributed by atoms with Gasteiger partial charge >= 0.3 is 0 Å². The molecule has 0 aliphatic heterocycles. The lowest BCUT2D eigenvalue weighted by atomic mass is 10.3. The molecule has 3 aromatic heterocycles. The minimum Gasteiger partial charge on any atom is -0.335 e. The van der Waals surface area contributed by atoms with Gasteiger partial charge in [-0.05, 0) is 19.8 Å². The highest BCUT2D eigenvalue weighted by atomic mass is 16.5. The SMILES string of the molecule is Cc1noc2ncn(Cc3nc(C4CC4)nn3C)c(=O)c12. The highest BCUT2D eigenvalue weighted by Crippen LogP contribution is 2.37. The summed E-state index contributed by atoms with van der Waals surface area (Å²) in [6, 6.07) is 0. The van der Waals surface area contributed by atoms with Crippen LogP contribution in [0.15, 0.2) is 15.6 Å². The van der Waals surface area contributed by atoms with Gasteiger partial charge in [-0.3, -0.25) is 14.0 Å². The van der Waals surface area contributed by atoms with Crippen molar-refractivity contribution in [2.75, 3.05) is 0 Å². The molecule has 0 atom stereocenters. The number of fused-ring (bicyclic) bond motifs is 1. The van der Waals surface area contributed by atoms with Crippen LogP contribution in [0.25, 0.3) is 11.1 Å². The fourth-order valence-corrected chi connectivity index (χ4v) is 2.37. The molecule has 0 spiro atoms. The van der Waals surface area contributed by atoms with E-state index in [1.54, 1.807) is 11.6 Å². The van der Waals surface area contributed by atoms with E-state index in [1.165, 1.54) is 10.9 Å². The van der Waals surface area contributed by atoms with Crippen molar-refractivity contribution in [2.45, 2.75) is 32.2 Å². The number of nitrogens with zero attached hydrogens (tertiary/aromatic N) is 6. The third kappa shape index (κ3) is 1.94. The maximum atomic E-state index is 12.4. The van der Waals surface area contributed by atoms with Crippen molar-refractivity contribution < 1.29 is 4.52 Å². The van der Waals surface area contributed by atoms with Crippen molar-refractivity contribution in [1.82, 2.24) is 29.5 Å². The molecule has 0 bridgehead atoms. The third-order valence-electron chi connectivity index (χ3n) is 3.76. The van der Waals surface area contributed by atoms with Crippen LogP contribution in [0.2, 0.25) is 0 Å². The molecule has 0 radical (unpaired) electrons. The zero-order valence-corrected chi connectivity index (χ0v) is 11.8. The van der Waals surface area contributed by atoms with Crippen LogP contribution < -0.4 is 5.56 Å². The Kier molecular flexibility index (Phi) is 2.47. The molecule has 3 heterocycles. The molecule has 4 rings (SSSR count).